The number of fused-ring (bicyclic) bond motifs is 1. The van der Waals surface area contributed by atoms with Crippen LogP contribution in [0.3, 0.4) is 0 Å². The first-order chi connectivity index (χ1) is 11.1. The van der Waals surface area contributed by atoms with E-state index < -0.39 is 6.03 Å². The van der Waals surface area contributed by atoms with Crippen molar-refractivity contribution in [3.8, 4) is 17.2 Å². The molecule has 0 aromatic heterocycles. The molecule has 23 heavy (non-hydrogen) atoms. The predicted molar refractivity (Wildman–Crippen MR) is 85.6 cm³/mol. The number of carbonyl (C=O) groups excluding carboxylic acids is 1. The van der Waals surface area contributed by atoms with Crippen LogP contribution in [0.25, 0.3) is 0 Å². The molecule has 4 N–H and O–H groups in total. The van der Waals surface area contributed by atoms with Crippen molar-refractivity contribution in [1.29, 1.82) is 0 Å². The summed E-state index contributed by atoms with van der Waals surface area (Å²) in [6.07, 6.45) is 1.50. The second kappa shape index (κ2) is 6.18. The number of primary amides is 1. The van der Waals surface area contributed by atoms with Crippen LogP contribution in [0.1, 0.15) is 23.6 Å². The first-order valence-corrected chi connectivity index (χ1v) is 7.33. The summed E-state index contributed by atoms with van der Waals surface area (Å²) in [4.78, 5) is 11.2. The highest BCUT2D eigenvalue weighted by Crippen LogP contribution is 2.37. The Bertz CT molecular complexity index is 715. The van der Waals surface area contributed by atoms with Gasteiger partial charge in [-0.3, -0.25) is 0 Å². The van der Waals surface area contributed by atoms with Crippen LogP contribution in [0.4, 0.5) is 4.79 Å². The third-order valence-corrected chi connectivity index (χ3v) is 4.00. The molecule has 0 saturated carbocycles. The molecule has 0 saturated heterocycles. The fraction of sp³-hybridized carbons (Fsp3) is 0.235. The molecule has 120 valence electrons. The van der Waals surface area contributed by atoms with E-state index in [0.29, 0.717) is 6.42 Å². The van der Waals surface area contributed by atoms with Crippen LogP contribution < -0.4 is 15.2 Å². The summed E-state index contributed by atoms with van der Waals surface area (Å²) < 4.78 is 11.0. The van der Waals surface area contributed by atoms with Crippen molar-refractivity contribution in [2.45, 2.75) is 18.9 Å². The summed E-state index contributed by atoms with van der Waals surface area (Å²) >= 11 is 0. The molecule has 0 fully saturated rings. The van der Waals surface area contributed by atoms with Gasteiger partial charge in [0.15, 0.2) is 0 Å². The van der Waals surface area contributed by atoms with Crippen LogP contribution in [0.5, 0.6) is 17.2 Å². The van der Waals surface area contributed by atoms with Gasteiger partial charge in [-0.25, -0.2) is 4.79 Å². The zero-order chi connectivity index (χ0) is 16.4. The van der Waals surface area contributed by atoms with Gasteiger partial charge < -0.3 is 20.4 Å². The monoisotopic (exact) mass is 315 g/mol. The third kappa shape index (κ3) is 3.07. The van der Waals surface area contributed by atoms with E-state index in [9.17, 15) is 4.79 Å². The Kier molecular flexibility index (Phi) is 4.08. The SMILES string of the molecule is COc1ccc(Oc2ccc3c(c2)CCC3N([OH2+])C(N)=O)cc1. The van der Waals surface area contributed by atoms with Gasteiger partial charge in [0.25, 0.3) is 0 Å². The van der Waals surface area contributed by atoms with Crippen molar-refractivity contribution in [3.63, 3.8) is 0 Å². The molecule has 0 aliphatic heterocycles. The zero-order valence-electron chi connectivity index (χ0n) is 12.8. The molecular formula is C17H19N2O4+. The largest absolute Gasteiger partial charge is 0.497 e. The van der Waals surface area contributed by atoms with Crippen molar-refractivity contribution in [3.05, 3.63) is 53.6 Å². The number of hydroxylamine groups is 2. The van der Waals surface area contributed by atoms with Crippen LogP contribution >= 0.6 is 0 Å². The number of hydrogen-bond acceptors (Lipinski definition) is 3. The average Bonchev–Trinajstić information content (AvgIpc) is 2.98. The molecule has 2 aromatic carbocycles. The molecule has 3 rings (SSSR count). The number of carbonyl (C=O) groups is 1. The van der Waals surface area contributed by atoms with Crippen LogP contribution in [0.2, 0.25) is 0 Å². The summed E-state index contributed by atoms with van der Waals surface area (Å²) in [6, 6.07) is 12.0. The number of benzene rings is 2. The molecule has 0 radical (unpaired) electrons. The van der Waals surface area contributed by atoms with Crippen molar-refractivity contribution >= 4 is 6.03 Å². The number of urea groups is 1. The molecule has 1 atom stereocenters. The zero-order valence-corrected chi connectivity index (χ0v) is 12.8. The normalized spacial score (nSPS) is 15.8. The Hall–Kier alpha value is -2.73. The van der Waals surface area contributed by atoms with Crippen LogP contribution in [0, 0.1) is 0 Å². The molecule has 6 nitrogen and oxygen atoms in total. The van der Waals surface area contributed by atoms with Crippen molar-refractivity contribution < 1.29 is 19.5 Å². The van der Waals surface area contributed by atoms with Gasteiger partial charge in [-0.15, -0.1) is 0 Å². The minimum absolute atomic E-state index is 0.280. The minimum atomic E-state index is -0.735. The first-order valence-electron chi connectivity index (χ1n) is 7.33. The van der Waals surface area contributed by atoms with E-state index in [1.807, 2.05) is 42.5 Å². The van der Waals surface area contributed by atoms with Gasteiger partial charge in [0.1, 0.15) is 23.3 Å². The second-order valence-electron chi connectivity index (χ2n) is 5.40. The van der Waals surface area contributed by atoms with Gasteiger partial charge >= 0.3 is 6.03 Å². The number of rotatable bonds is 4. The van der Waals surface area contributed by atoms with E-state index in [2.05, 4.69) is 0 Å². The van der Waals surface area contributed by atoms with E-state index in [1.54, 1.807) is 7.11 Å². The Morgan fingerprint density at radius 2 is 1.83 bits per heavy atom. The Balaban J connectivity index is 1.78. The fourth-order valence-corrected chi connectivity index (χ4v) is 2.84. The lowest BCUT2D eigenvalue weighted by atomic mass is 10.1. The number of nitrogens with two attached hydrogens (primary N) is 1. The first kappa shape index (κ1) is 15.2. The number of nitrogens with zero attached hydrogens (tertiary/aromatic N) is 1. The van der Waals surface area contributed by atoms with Gasteiger partial charge in [0, 0.05) is 0 Å². The molecule has 0 bridgehead atoms. The number of methoxy groups -OCH3 is 1. The van der Waals surface area contributed by atoms with E-state index in [1.165, 1.54) is 0 Å². The minimum Gasteiger partial charge on any atom is -0.497 e. The fourth-order valence-electron chi connectivity index (χ4n) is 2.84. The molecule has 0 spiro atoms. The predicted octanol–water partition coefficient (Wildman–Crippen LogP) is 2.50. The summed E-state index contributed by atoms with van der Waals surface area (Å²) in [5.41, 5.74) is 7.24. The van der Waals surface area contributed by atoms with Crippen LogP contribution in [-0.2, 0) is 6.42 Å². The molecule has 2 amide bonds. The maximum atomic E-state index is 11.2. The Labute approximate surface area is 134 Å². The number of amides is 2. The second-order valence-corrected chi connectivity index (χ2v) is 5.40. The standard InChI is InChI=1S/C17H18N2O4/c1-22-12-3-5-13(6-4-12)23-14-7-8-15-11(10-14)2-9-16(15)19(21)17(18)20/h3-8,10,16,21H,2,9H2,1H3,(H2,18,20)/p+1. The highest BCUT2D eigenvalue weighted by molar-refractivity contribution is 5.71. The molecular weight excluding hydrogens is 296 g/mol. The highest BCUT2D eigenvalue weighted by atomic mass is 16.5. The van der Waals surface area contributed by atoms with Gasteiger partial charge in [-0.2, -0.15) is 0 Å². The van der Waals surface area contributed by atoms with Crippen LogP contribution in [0.15, 0.2) is 42.5 Å². The van der Waals surface area contributed by atoms with Crippen LogP contribution in [-0.4, -0.2) is 23.4 Å². The molecule has 6 heteroatoms. The number of hydrogen-bond donors (Lipinski definition) is 1. The molecule has 1 unspecified atom stereocenters. The third-order valence-electron chi connectivity index (χ3n) is 4.00. The van der Waals surface area contributed by atoms with Gasteiger partial charge in [0.2, 0.25) is 0 Å². The van der Waals surface area contributed by atoms with E-state index in [-0.39, 0.29) is 6.04 Å². The summed E-state index contributed by atoms with van der Waals surface area (Å²) in [7, 11) is 1.62. The van der Waals surface area contributed by atoms with Gasteiger partial charge in [-0.05, 0) is 60.4 Å². The summed E-state index contributed by atoms with van der Waals surface area (Å²) in [6.45, 7) is 0. The molecule has 2 aromatic rings. The molecule has 1 aliphatic rings. The van der Waals surface area contributed by atoms with Crippen molar-refractivity contribution in [1.82, 2.24) is 5.06 Å². The highest BCUT2D eigenvalue weighted by Gasteiger charge is 2.32. The number of ether oxygens (including phenoxy) is 2. The lowest BCUT2D eigenvalue weighted by molar-refractivity contribution is -0.0757. The van der Waals surface area contributed by atoms with Crippen molar-refractivity contribution in [2.75, 3.05) is 7.11 Å². The molecule has 1 aliphatic carbocycles. The summed E-state index contributed by atoms with van der Waals surface area (Å²) in [5, 5.41) is 8.58. The lowest BCUT2D eigenvalue weighted by Gasteiger charge is -2.16. The van der Waals surface area contributed by atoms with E-state index in [0.717, 1.165) is 39.9 Å². The maximum absolute atomic E-state index is 11.2. The average molecular weight is 315 g/mol. The number of aryl methyl sites for hydroxylation is 1. The van der Waals surface area contributed by atoms with E-state index >= 15 is 0 Å². The van der Waals surface area contributed by atoms with E-state index in [4.69, 9.17) is 20.4 Å². The molecule has 0 heterocycles. The Morgan fingerprint density at radius 1 is 1.17 bits per heavy atom. The maximum Gasteiger partial charge on any atom is 0.377 e. The Morgan fingerprint density at radius 3 is 2.48 bits per heavy atom. The lowest BCUT2D eigenvalue weighted by Crippen LogP contribution is -2.35. The smallest absolute Gasteiger partial charge is 0.377 e. The van der Waals surface area contributed by atoms with Gasteiger partial charge in [-0.1, -0.05) is 11.1 Å². The van der Waals surface area contributed by atoms with Crippen molar-refractivity contribution in [2.24, 2.45) is 5.73 Å². The quantitative estimate of drug-likeness (QED) is 0.694. The van der Waals surface area contributed by atoms with Gasteiger partial charge in [0.05, 0.1) is 7.11 Å². The summed E-state index contributed by atoms with van der Waals surface area (Å²) in [5.74, 6) is 2.22. The topological polar surface area (TPSA) is 87.7 Å².